The Hall–Kier alpha value is -3.71. The van der Waals surface area contributed by atoms with Crippen molar-refractivity contribution >= 4 is 101 Å². The molecule has 1 aliphatic carbocycles. The lowest BCUT2D eigenvalue weighted by Crippen LogP contribution is -2.34. The molecule has 2 fully saturated rings. The number of nitrogens with zero attached hydrogens (tertiary/aromatic N) is 3. The molecular weight excluding hydrogens is 769 g/mol. The molecule has 1 saturated heterocycles. The van der Waals surface area contributed by atoms with Crippen molar-refractivity contribution in [2.45, 2.75) is 22.5 Å². The minimum atomic E-state index is -0.838. The van der Waals surface area contributed by atoms with E-state index in [9.17, 15) is 29.3 Å². The van der Waals surface area contributed by atoms with Crippen LogP contribution in [-0.2, 0) is 14.3 Å². The number of fused-ring (bicyclic) bond motifs is 2. The number of nitro groups is 1. The van der Waals surface area contributed by atoms with E-state index in [2.05, 4.69) is 36.8 Å². The number of aromatic nitrogens is 1. The minimum Gasteiger partial charge on any atom is -0.454 e. The van der Waals surface area contributed by atoms with Crippen LogP contribution < -0.4 is 4.90 Å². The second-order valence-corrected chi connectivity index (χ2v) is 14.1. The Morgan fingerprint density at radius 3 is 2.22 bits per heavy atom. The van der Waals surface area contributed by atoms with Crippen molar-refractivity contribution in [2.24, 2.45) is 11.8 Å². The van der Waals surface area contributed by atoms with E-state index in [-0.39, 0.29) is 49.5 Å². The fourth-order valence-electron chi connectivity index (χ4n) is 5.76. The first-order chi connectivity index (χ1) is 21.9. The molecule has 3 aromatic carbocycles. The van der Waals surface area contributed by atoms with Crippen LogP contribution >= 0.6 is 55.1 Å². The van der Waals surface area contributed by atoms with Crippen molar-refractivity contribution in [3.05, 3.63) is 98.0 Å². The number of ketones is 1. The summed E-state index contributed by atoms with van der Waals surface area (Å²) in [6, 6.07) is 16.6. The number of anilines is 1. The molecule has 0 radical (unpaired) electrons. The van der Waals surface area contributed by atoms with Gasteiger partial charge >= 0.3 is 5.97 Å². The van der Waals surface area contributed by atoms with Gasteiger partial charge < -0.3 is 4.74 Å². The van der Waals surface area contributed by atoms with Crippen molar-refractivity contribution in [3.63, 3.8) is 0 Å². The minimum absolute atomic E-state index is 0.0412. The number of carbonyl (C=O) groups excluding carboxylic acids is 4. The van der Waals surface area contributed by atoms with Gasteiger partial charge in [0.1, 0.15) is 5.02 Å². The topological polar surface area (TPSA) is 137 Å². The molecule has 46 heavy (non-hydrogen) atoms. The van der Waals surface area contributed by atoms with Crippen LogP contribution in [0, 0.1) is 22.0 Å². The predicted molar refractivity (Wildman–Crippen MR) is 179 cm³/mol. The van der Waals surface area contributed by atoms with Gasteiger partial charge in [0, 0.05) is 37.3 Å². The van der Waals surface area contributed by atoms with Crippen molar-refractivity contribution in [1.29, 1.82) is 0 Å². The second kappa shape index (κ2) is 12.8. The smallest absolute Gasteiger partial charge is 0.339 e. The van der Waals surface area contributed by atoms with E-state index in [4.69, 9.17) is 27.9 Å². The fourth-order valence-corrected chi connectivity index (χ4v) is 7.36. The Morgan fingerprint density at radius 2 is 1.59 bits per heavy atom. The molecule has 0 bridgehead atoms. The Kier molecular flexibility index (Phi) is 8.99. The zero-order valence-corrected chi connectivity index (χ0v) is 28.2. The highest BCUT2D eigenvalue weighted by Gasteiger charge is 2.52. The van der Waals surface area contributed by atoms with E-state index in [1.807, 2.05) is 0 Å². The summed E-state index contributed by atoms with van der Waals surface area (Å²) in [6.45, 7) is -0.683. The lowest BCUT2D eigenvalue weighted by Gasteiger charge is -2.29. The molecule has 4 aromatic rings. The van der Waals surface area contributed by atoms with Gasteiger partial charge in [0.2, 0.25) is 17.6 Å². The largest absolute Gasteiger partial charge is 0.454 e. The first-order valence-electron chi connectivity index (χ1n) is 13.9. The molecule has 1 saturated carbocycles. The van der Waals surface area contributed by atoms with E-state index in [1.165, 1.54) is 23.1 Å². The predicted octanol–water partition coefficient (Wildman–Crippen LogP) is 7.58. The Morgan fingerprint density at radius 1 is 0.935 bits per heavy atom. The molecule has 0 N–H and O–H groups in total. The average molecular weight is 790 g/mol. The highest BCUT2D eigenvalue weighted by molar-refractivity contribution is 9.12. The number of rotatable bonds is 7. The monoisotopic (exact) mass is 787 g/mol. The maximum Gasteiger partial charge on any atom is 0.339 e. The molecule has 14 heteroatoms. The number of Topliss-reactive ketones (excluding diaryl/α,β-unsaturated/α-hetero) is 1. The summed E-state index contributed by atoms with van der Waals surface area (Å²) in [6.07, 6.45) is 1.13. The van der Waals surface area contributed by atoms with Crippen molar-refractivity contribution in [3.8, 4) is 11.3 Å². The van der Waals surface area contributed by atoms with Gasteiger partial charge in [-0.05, 0) is 61.4 Å². The number of hydrogen-bond acceptors (Lipinski definition) is 8. The summed E-state index contributed by atoms with van der Waals surface area (Å²) in [5.41, 5.74) is 1.46. The summed E-state index contributed by atoms with van der Waals surface area (Å²) in [5.74, 6) is -2.70. The summed E-state index contributed by atoms with van der Waals surface area (Å²) in [7, 11) is 0. The molecule has 1 aromatic heterocycles. The molecular formula is C32H21Br2Cl2N3O7. The van der Waals surface area contributed by atoms with E-state index < -0.39 is 29.0 Å². The third kappa shape index (κ3) is 6.06. The van der Waals surface area contributed by atoms with Crippen molar-refractivity contribution < 1.29 is 28.8 Å². The molecule has 10 nitrogen and oxygen atoms in total. The summed E-state index contributed by atoms with van der Waals surface area (Å²) >= 11 is 19.3. The van der Waals surface area contributed by atoms with E-state index in [1.54, 1.807) is 42.5 Å². The third-order valence-corrected chi connectivity index (χ3v) is 11.4. The van der Waals surface area contributed by atoms with Gasteiger partial charge in [-0.2, -0.15) is 0 Å². The number of ether oxygens (including phenoxy) is 1. The SMILES string of the molecule is O=C(COC(=O)c1cc(-c2ccc(N3C(=O)C4CC(Br)C(Br)CC4C3=O)cc2)nc2ccc(Cl)cc12)c1ccc(Cl)c([N+](=O)[O-])c1. The van der Waals surface area contributed by atoms with Gasteiger partial charge in [-0.1, -0.05) is 67.2 Å². The van der Waals surface area contributed by atoms with Gasteiger partial charge in [-0.3, -0.25) is 29.4 Å². The van der Waals surface area contributed by atoms with Gasteiger partial charge in [0.15, 0.2) is 6.61 Å². The number of benzene rings is 3. The molecule has 2 heterocycles. The Labute approximate surface area is 288 Å². The van der Waals surface area contributed by atoms with Crippen LogP contribution in [-0.4, -0.2) is 49.7 Å². The number of imide groups is 1. The van der Waals surface area contributed by atoms with Crippen molar-refractivity contribution in [1.82, 2.24) is 4.98 Å². The molecule has 4 unspecified atom stereocenters. The standard InChI is InChI=1S/C32H21Br2Cl2N3O7/c33-23-11-20-21(12-24(23)34)31(42)38(30(20)41)18-5-1-15(2-6-18)27-13-22(19-10-17(35)4-8-26(19)37-27)32(43)46-14-29(40)16-3-7-25(36)28(9-16)39(44)45/h1-10,13,20-21,23-24H,11-12,14H2. The third-order valence-electron chi connectivity index (χ3n) is 8.12. The summed E-state index contributed by atoms with van der Waals surface area (Å²) < 4.78 is 5.33. The molecule has 1 aliphatic heterocycles. The second-order valence-electron chi connectivity index (χ2n) is 10.9. The zero-order chi connectivity index (χ0) is 32.9. The van der Waals surface area contributed by atoms with Gasteiger partial charge in [0.25, 0.3) is 5.69 Å². The number of esters is 1. The average Bonchev–Trinajstić information content (AvgIpc) is 3.27. The van der Waals surface area contributed by atoms with E-state index in [0.29, 0.717) is 45.7 Å². The van der Waals surface area contributed by atoms with Crippen LogP contribution in [0.25, 0.3) is 22.2 Å². The summed E-state index contributed by atoms with van der Waals surface area (Å²) in [4.78, 5) is 69.2. The fraction of sp³-hybridized carbons (Fsp3) is 0.219. The number of halogens is 4. The van der Waals surface area contributed by atoms with Crippen molar-refractivity contribution in [2.75, 3.05) is 11.5 Å². The Bertz CT molecular complexity index is 1930. The number of amides is 2. The molecule has 234 valence electrons. The molecule has 2 amide bonds. The maximum absolute atomic E-state index is 13.3. The first-order valence-corrected chi connectivity index (χ1v) is 16.5. The molecule has 4 atom stereocenters. The maximum atomic E-state index is 13.3. The summed E-state index contributed by atoms with van der Waals surface area (Å²) in [5, 5.41) is 11.8. The van der Waals surface area contributed by atoms with E-state index in [0.717, 1.165) is 6.07 Å². The highest BCUT2D eigenvalue weighted by Crippen LogP contribution is 2.44. The van der Waals surface area contributed by atoms with Crippen LogP contribution in [0.15, 0.2) is 66.7 Å². The number of hydrogen-bond donors (Lipinski definition) is 0. The molecule has 0 spiro atoms. The van der Waals surface area contributed by atoms with Crippen LogP contribution in [0.2, 0.25) is 10.0 Å². The number of pyridine rings is 1. The zero-order valence-electron chi connectivity index (χ0n) is 23.5. The van der Waals surface area contributed by atoms with Crippen LogP contribution in [0.5, 0.6) is 0 Å². The normalized spacial score (nSPS) is 20.9. The lowest BCUT2D eigenvalue weighted by atomic mass is 9.81. The van der Waals surface area contributed by atoms with Crippen LogP contribution in [0.4, 0.5) is 11.4 Å². The number of alkyl halides is 2. The number of carbonyl (C=O) groups is 4. The van der Waals surface area contributed by atoms with Crippen LogP contribution in [0.1, 0.15) is 33.6 Å². The van der Waals surface area contributed by atoms with Crippen LogP contribution in [0.3, 0.4) is 0 Å². The van der Waals surface area contributed by atoms with Gasteiger partial charge in [-0.15, -0.1) is 0 Å². The Balaban J connectivity index is 1.26. The van der Waals surface area contributed by atoms with Gasteiger partial charge in [0.05, 0.1) is 39.2 Å². The number of nitro benzene ring substituents is 1. The van der Waals surface area contributed by atoms with E-state index >= 15 is 0 Å². The first kappa shape index (κ1) is 32.2. The molecule has 2 aliphatic rings. The quantitative estimate of drug-likeness (QED) is 0.0467. The molecule has 6 rings (SSSR count). The van der Waals surface area contributed by atoms with Gasteiger partial charge in [-0.25, -0.2) is 9.78 Å². The highest BCUT2D eigenvalue weighted by atomic mass is 79.9. The lowest BCUT2D eigenvalue weighted by molar-refractivity contribution is -0.384.